The molecule has 2 saturated carbocycles. The number of terminal acetylenes is 4. The highest BCUT2D eigenvalue weighted by Gasteiger charge is 2.38. The van der Waals surface area contributed by atoms with Crippen molar-refractivity contribution in [1.29, 1.82) is 0 Å². The second-order valence-electron chi connectivity index (χ2n) is 26.4. The fourth-order valence-corrected chi connectivity index (χ4v) is 12.3. The summed E-state index contributed by atoms with van der Waals surface area (Å²) in [4.78, 5) is 87.4. The minimum Gasteiger partial charge on any atom is -0.390 e. The molecule has 6 amide bonds. The number of benzene rings is 2. The van der Waals surface area contributed by atoms with E-state index in [1.165, 1.54) is 0 Å². The molecule has 0 spiro atoms. The quantitative estimate of drug-likeness (QED) is 0.0246. The summed E-state index contributed by atoms with van der Waals surface area (Å²) in [5.41, 5.74) is 1.79. The van der Waals surface area contributed by atoms with Crippen LogP contribution in [0.5, 0.6) is 0 Å². The summed E-state index contributed by atoms with van der Waals surface area (Å²) < 4.78 is 0. The number of hydrogen-bond acceptors (Lipinski definition) is 12. The minimum absolute atomic E-state index is 0.0291. The number of unbranched alkanes of at least 4 members (excludes halogenated alkanes) is 2. The number of rotatable bonds is 41. The first-order valence-electron chi connectivity index (χ1n) is 34.8. The molecule has 0 heterocycles. The Morgan fingerprint density at radius 2 is 0.926 bits per heavy atom. The van der Waals surface area contributed by atoms with Crippen molar-refractivity contribution in [1.82, 2.24) is 41.3 Å². The van der Waals surface area contributed by atoms with Crippen molar-refractivity contribution in [2.75, 3.05) is 60.4 Å². The molecule has 0 aromatic heterocycles. The van der Waals surface area contributed by atoms with Crippen LogP contribution in [0.3, 0.4) is 0 Å². The molecule has 0 saturated heterocycles. The number of amides is 6. The zero-order chi connectivity index (χ0) is 69.4. The van der Waals surface area contributed by atoms with E-state index in [9.17, 15) is 49.2 Å². The van der Waals surface area contributed by atoms with E-state index < -0.39 is 95.9 Å². The van der Waals surface area contributed by atoms with Crippen molar-refractivity contribution < 1.29 is 49.2 Å². The van der Waals surface area contributed by atoms with Gasteiger partial charge in [0.25, 0.3) is 0 Å². The van der Waals surface area contributed by atoms with Crippen molar-refractivity contribution in [3.8, 4) is 49.4 Å². The molecule has 2 aliphatic carbocycles. The number of aliphatic hydroxyl groups is 4. The van der Waals surface area contributed by atoms with Gasteiger partial charge < -0.3 is 61.7 Å². The van der Waals surface area contributed by atoms with Crippen LogP contribution in [0.1, 0.15) is 174 Å². The van der Waals surface area contributed by atoms with Crippen molar-refractivity contribution >= 4 is 35.4 Å². The predicted molar refractivity (Wildman–Crippen MR) is 374 cm³/mol. The van der Waals surface area contributed by atoms with Gasteiger partial charge in [-0.1, -0.05) is 139 Å². The molecule has 2 aromatic carbocycles. The van der Waals surface area contributed by atoms with Crippen LogP contribution in [0.2, 0.25) is 0 Å². The predicted octanol–water partition coefficient (Wildman–Crippen LogP) is 6.81. The molecule has 18 nitrogen and oxygen atoms in total. The van der Waals surface area contributed by atoms with Gasteiger partial charge in [0.1, 0.15) is 12.1 Å². The zero-order valence-electron chi connectivity index (χ0n) is 57.8. The third-order valence-corrected chi connectivity index (χ3v) is 18.7. The average molecular weight is 1300 g/mol. The lowest BCUT2D eigenvalue weighted by Gasteiger charge is -2.34. The number of carbonyl (C=O) groups excluding carboxylic acids is 6. The van der Waals surface area contributed by atoms with Gasteiger partial charge in [0, 0.05) is 77.8 Å². The third-order valence-electron chi connectivity index (χ3n) is 18.7. The van der Waals surface area contributed by atoms with Crippen LogP contribution in [0.4, 0.5) is 0 Å². The van der Waals surface area contributed by atoms with Crippen LogP contribution < -0.4 is 26.6 Å². The van der Waals surface area contributed by atoms with Crippen molar-refractivity contribution in [2.45, 2.75) is 224 Å². The maximum atomic E-state index is 13.9. The Bertz CT molecular complexity index is 2690. The smallest absolute Gasteiger partial charge is 0.244 e. The molecule has 0 bridgehead atoms. The molecular formula is C76H116N8O10. The molecule has 2 aromatic rings. The molecule has 94 heavy (non-hydrogen) atoms. The highest BCUT2D eigenvalue weighted by Crippen LogP contribution is 2.31. The summed E-state index contributed by atoms with van der Waals surface area (Å²) in [7, 11) is 5.45. The van der Waals surface area contributed by atoms with Gasteiger partial charge in [0.2, 0.25) is 35.4 Å². The SMILES string of the molecule is C#CCCC[C@H](O)[C@H](O)[C@H](CC1CCCCC1)NC(=O)[C@@H](NC(=O)[C@@H](CC(=O)N(C)CCN(C)CC)Cc1ccccc1)C(C)C#C.C#CCCC[C@H](O)[C@H](O)[C@H](CC1CCCCC1)NC(=O)[C@@H](NC(=O)[C@@H](CC(=O)N(C)CCNCCC)Cc1ccccc1)C(C)C#C. The van der Waals surface area contributed by atoms with Gasteiger partial charge in [0.05, 0.1) is 48.3 Å². The normalized spacial score (nSPS) is 17.2. The van der Waals surface area contributed by atoms with E-state index in [2.05, 4.69) is 62.1 Å². The molecule has 18 heteroatoms. The van der Waals surface area contributed by atoms with E-state index in [1.807, 2.05) is 74.6 Å². The lowest BCUT2D eigenvalue weighted by Crippen LogP contribution is -2.57. The van der Waals surface area contributed by atoms with Crippen molar-refractivity contribution in [3.63, 3.8) is 0 Å². The van der Waals surface area contributed by atoms with E-state index in [0.717, 1.165) is 94.8 Å². The number of hydrogen-bond donors (Lipinski definition) is 9. The zero-order valence-corrected chi connectivity index (χ0v) is 57.8. The summed E-state index contributed by atoms with van der Waals surface area (Å²) in [5.74, 6) is 5.79. The van der Waals surface area contributed by atoms with Gasteiger partial charge in [-0.2, -0.15) is 0 Å². The summed E-state index contributed by atoms with van der Waals surface area (Å²) in [5, 5.41) is 59.0. The standard InChI is InChI=1S/2C38H58N4O5/c1-7-10-13-22-33(43)36(45)32(26-30-20-16-12-17-21-30)39-38(47)35(28(4)8-2)40-37(46)31(25-29-18-14-11-15-19-29)27-34(44)42(6)24-23-41(5)9-3;1-6-9-12-21-33(43)36(45)32(26-30-19-15-11-16-20-30)40-38(47)35(28(4)8-3)41-37(46)31(25-29-17-13-10-14-18-29)27-34(44)42(5)24-23-39-22-7-2/h1-2,11,14-15,18-19,28,30-33,35-36,43,45H,9-10,12-13,16-17,20-27H2,3-6H3,(H,39,47)(H,40,46);1,3,10,13-14,17-18,28,30-33,35-36,39,43,45H,7,9,11-12,15-16,19-27H2,2,4-5H3,(H,40,47)(H,41,46)/t2*28?,31-,32+,33+,35+,36-/m11/s1. The monoisotopic (exact) mass is 1300 g/mol. The van der Waals surface area contributed by atoms with Gasteiger partial charge in [-0.3, -0.25) is 28.8 Å². The number of likely N-dealkylation sites (N-methyl/N-ethyl adjacent to an activating group) is 3. The molecule has 520 valence electrons. The first kappa shape index (κ1) is 81.5. The molecule has 0 radical (unpaired) electrons. The van der Waals surface area contributed by atoms with Gasteiger partial charge in [-0.25, -0.2) is 0 Å². The molecule has 2 fully saturated rings. The van der Waals surface area contributed by atoms with Gasteiger partial charge in [-0.15, -0.1) is 49.4 Å². The Kier molecular flexibility index (Phi) is 40.2. The summed E-state index contributed by atoms with van der Waals surface area (Å²) >= 11 is 0. The lowest BCUT2D eigenvalue weighted by atomic mass is 9.82. The minimum atomic E-state index is -1.21. The maximum Gasteiger partial charge on any atom is 0.244 e. The maximum absolute atomic E-state index is 13.9. The van der Waals surface area contributed by atoms with Gasteiger partial charge >= 0.3 is 0 Å². The van der Waals surface area contributed by atoms with Crippen molar-refractivity contribution in [2.24, 2.45) is 35.5 Å². The van der Waals surface area contributed by atoms with Crippen LogP contribution in [0.25, 0.3) is 0 Å². The number of nitrogens with one attached hydrogen (secondary N) is 5. The van der Waals surface area contributed by atoms with Crippen LogP contribution >= 0.6 is 0 Å². The summed E-state index contributed by atoms with van der Waals surface area (Å²) in [6.45, 7) is 11.6. The van der Waals surface area contributed by atoms with Crippen LogP contribution in [0, 0.1) is 84.9 Å². The first-order valence-corrected chi connectivity index (χ1v) is 34.8. The molecule has 2 unspecified atom stereocenters. The molecule has 4 rings (SSSR count). The molecular weight excluding hydrogens is 1180 g/mol. The van der Waals surface area contributed by atoms with Gasteiger partial charge in [0.15, 0.2) is 0 Å². The largest absolute Gasteiger partial charge is 0.390 e. The Labute approximate surface area is 564 Å². The number of aliphatic hydroxyl groups excluding tert-OH is 4. The Morgan fingerprint density at radius 3 is 1.29 bits per heavy atom. The van der Waals surface area contributed by atoms with Gasteiger partial charge in [-0.05, 0) is 115 Å². The molecule has 2 aliphatic rings. The highest BCUT2D eigenvalue weighted by molar-refractivity contribution is 5.92. The third kappa shape index (κ3) is 30.8. The fourth-order valence-electron chi connectivity index (χ4n) is 12.3. The highest BCUT2D eigenvalue weighted by atomic mass is 16.3. The summed E-state index contributed by atoms with van der Waals surface area (Å²) in [6.07, 6.45) is 33.7. The molecule has 12 atom stereocenters. The first-order chi connectivity index (χ1) is 45.1. The van der Waals surface area contributed by atoms with Crippen LogP contribution in [0.15, 0.2) is 60.7 Å². The Balaban J connectivity index is 0.000000490. The second kappa shape index (κ2) is 46.4. The number of carbonyl (C=O) groups is 6. The van der Waals surface area contributed by atoms with E-state index in [1.54, 1.807) is 37.7 Å². The summed E-state index contributed by atoms with van der Waals surface area (Å²) in [6, 6.07) is 15.3. The Hall–Kier alpha value is -6.74. The van der Waals surface area contributed by atoms with Crippen molar-refractivity contribution in [3.05, 3.63) is 71.8 Å². The lowest BCUT2D eigenvalue weighted by molar-refractivity contribution is -0.137. The van der Waals surface area contributed by atoms with Crippen LogP contribution in [-0.4, -0.2) is 180 Å². The van der Waals surface area contributed by atoms with E-state index in [-0.39, 0.29) is 24.7 Å². The second-order valence-corrected chi connectivity index (χ2v) is 26.4. The van der Waals surface area contributed by atoms with Crippen LogP contribution in [-0.2, 0) is 41.6 Å². The molecule has 0 aliphatic heterocycles. The van der Waals surface area contributed by atoms with E-state index in [0.29, 0.717) is 102 Å². The topological polar surface area (TPSA) is 253 Å². The molecule has 9 N–H and O–H groups in total. The average Bonchev–Trinajstić information content (AvgIpc) is 1.26. The number of nitrogens with zero attached hydrogens (tertiary/aromatic N) is 3. The Morgan fingerprint density at radius 1 is 0.532 bits per heavy atom. The van der Waals surface area contributed by atoms with E-state index in [4.69, 9.17) is 25.7 Å². The van der Waals surface area contributed by atoms with E-state index >= 15 is 0 Å². The fraction of sp³-hybridized carbons (Fsp3) is 0.658.